The van der Waals surface area contributed by atoms with Gasteiger partial charge < -0.3 is 17.7 Å². The quantitative estimate of drug-likeness (QED) is 0.167. The second-order valence-corrected chi connectivity index (χ2v) is 38.7. The van der Waals surface area contributed by atoms with Crippen LogP contribution in [0.3, 0.4) is 0 Å². The van der Waals surface area contributed by atoms with Gasteiger partial charge in [0.1, 0.15) is 0 Å². The van der Waals surface area contributed by atoms with Gasteiger partial charge in [-0.15, -0.1) is 0 Å². The van der Waals surface area contributed by atoms with E-state index >= 15 is 0 Å². The number of fused-ring (bicyclic) bond motifs is 5. The van der Waals surface area contributed by atoms with Crippen LogP contribution in [0.1, 0.15) is 79.1 Å². The first-order valence-electron chi connectivity index (χ1n) is 19.4. The van der Waals surface area contributed by atoms with Crippen LogP contribution in [0.4, 0.5) is 0 Å². The molecule has 4 nitrogen and oxygen atoms in total. The molecule has 0 aromatic rings. The summed E-state index contributed by atoms with van der Waals surface area (Å²) in [5.41, 5.74) is 1.93. The molecular weight excluding hydrogens is 645 g/mol. The van der Waals surface area contributed by atoms with E-state index in [-0.39, 0.29) is 10.8 Å². The molecule has 47 heavy (non-hydrogen) atoms. The van der Waals surface area contributed by atoms with E-state index in [1.54, 1.807) is 5.57 Å². The van der Waals surface area contributed by atoms with Crippen molar-refractivity contribution in [2.45, 2.75) is 170 Å². The van der Waals surface area contributed by atoms with E-state index in [0.29, 0.717) is 47.7 Å². The Balaban J connectivity index is 1.64. The zero-order valence-corrected chi connectivity index (χ0v) is 37.8. The van der Waals surface area contributed by atoms with Crippen molar-refractivity contribution in [3.8, 4) is 0 Å². The molecule has 4 aliphatic carbocycles. The van der Waals surface area contributed by atoms with Crippen molar-refractivity contribution < 1.29 is 17.7 Å². The Bertz CT molecular complexity index is 1140. The molecule has 10 atom stereocenters. The van der Waals surface area contributed by atoms with Crippen LogP contribution < -0.4 is 0 Å². The molecule has 4 rings (SSSR count). The molecule has 0 radical (unpaired) electrons. The standard InChI is InChI=1S/C39H76O4Si4/c1-28(27-40-44(5,6)7)18-17-19-29(2)32-20-21-33-37-34(26-36(39(32,33)4)43-47(14,15)16)38(3)23-22-31(41-45(8,9)10)24-30(38)25-35(37)42-46(11,12)13/h22,24,28-29,32-37H,17-21,23,25-27H2,1-16H3/t28?,29?,32-,33?,34?,35-,36+,37?,38+,39-/m1/s1. The largest absolute Gasteiger partial charge is 0.545 e. The Labute approximate surface area is 296 Å². The molecule has 3 saturated carbocycles. The van der Waals surface area contributed by atoms with Crippen molar-refractivity contribution in [3.05, 3.63) is 23.5 Å². The van der Waals surface area contributed by atoms with Gasteiger partial charge in [-0.25, -0.2) is 0 Å². The van der Waals surface area contributed by atoms with E-state index in [9.17, 15) is 0 Å². The normalized spacial score (nSPS) is 36.1. The van der Waals surface area contributed by atoms with Crippen LogP contribution in [0, 0.1) is 46.3 Å². The minimum Gasteiger partial charge on any atom is -0.545 e. The third kappa shape index (κ3) is 9.68. The van der Waals surface area contributed by atoms with Gasteiger partial charge in [0.25, 0.3) is 0 Å². The Morgan fingerprint density at radius 3 is 2.00 bits per heavy atom. The lowest BCUT2D eigenvalue weighted by Crippen LogP contribution is -2.62. The molecule has 0 heterocycles. The van der Waals surface area contributed by atoms with Crippen LogP contribution in [0.5, 0.6) is 0 Å². The molecule has 0 amide bonds. The number of allylic oxidation sites excluding steroid dienone is 2. The number of hydrogen-bond acceptors (Lipinski definition) is 4. The van der Waals surface area contributed by atoms with E-state index in [4.69, 9.17) is 17.7 Å². The molecule has 5 unspecified atom stereocenters. The summed E-state index contributed by atoms with van der Waals surface area (Å²) < 4.78 is 27.6. The SMILES string of the molecule is CC(CCCC(C)[C@H]1CCC2C3C(C[C@H](O[Si](C)(C)C)[C@@]21C)[C@@]1(C)CC=C(O[Si](C)(C)C)C=C1C[C@H]3O[Si](C)(C)C)CO[Si](C)(C)C. The summed E-state index contributed by atoms with van der Waals surface area (Å²) in [5, 5.41) is 0. The summed E-state index contributed by atoms with van der Waals surface area (Å²) in [6.45, 7) is 39.5. The Morgan fingerprint density at radius 2 is 1.43 bits per heavy atom. The Morgan fingerprint density at radius 1 is 0.787 bits per heavy atom. The summed E-state index contributed by atoms with van der Waals surface area (Å²) in [6.07, 6.45) is 15.4. The predicted octanol–water partition coefficient (Wildman–Crippen LogP) is 11.9. The van der Waals surface area contributed by atoms with Crippen LogP contribution in [0.15, 0.2) is 23.5 Å². The topological polar surface area (TPSA) is 36.9 Å². The van der Waals surface area contributed by atoms with Crippen LogP contribution in [-0.2, 0) is 17.7 Å². The first-order valence-corrected chi connectivity index (χ1v) is 33.1. The third-order valence-corrected chi connectivity index (χ3v) is 16.1. The molecule has 0 aromatic carbocycles. The monoisotopic (exact) mass is 720 g/mol. The Hall–Kier alpha value is 0.0275. The molecule has 0 bridgehead atoms. The van der Waals surface area contributed by atoms with E-state index in [0.717, 1.165) is 25.2 Å². The second-order valence-electron chi connectivity index (χ2n) is 20.8. The van der Waals surface area contributed by atoms with Crippen molar-refractivity contribution in [2.75, 3.05) is 6.61 Å². The second kappa shape index (κ2) is 14.2. The smallest absolute Gasteiger partial charge is 0.242 e. The average Bonchev–Trinajstić information content (AvgIpc) is 3.24. The molecule has 0 aliphatic heterocycles. The van der Waals surface area contributed by atoms with Crippen molar-refractivity contribution in [2.24, 2.45) is 46.3 Å². The number of rotatable bonds is 14. The fourth-order valence-electron chi connectivity index (χ4n) is 10.3. The van der Waals surface area contributed by atoms with Crippen LogP contribution in [0.2, 0.25) is 78.6 Å². The number of hydrogen-bond donors (Lipinski definition) is 0. The first-order chi connectivity index (χ1) is 21.3. The lowest BCUT2D eigenvalue weighted by atomic mass is 9.45. The molecule has 4 aliphatic rings. The van der Waals surface area contributed by atoms with Crippen molar-refractivity contribution in [1.29, 1.82) is 0 Å². The van der Waals surface area contributed by atoms with Crippen molar-refractivity contribution >= 4 is 33.3 Å². The minimum atomic E-state index is -1.78. The van der Waals surface area contributed by atoms with Gasteiger partial charge in [0.2, 0.25) is 8.32 Å². The van der Waals surface area contributed by atoms with E-state index in [1.807, 2.05) is 0 Å². The fraction of sp³-hybridized carbons (Fsp3) is 0.897. The van der Waals surface area contributed by atoms with E-state index in [1.165, 1.54) is 38.5 Å². The molecule has 0 spiro atoms. The Kier molecular flexibility index (Phi) is 12.0. The van der Waals surface area contributed by atoms with Gasteiger partial charge in [0.05, 0.1) is 18.0 Å². The molecule has 3 fully saturated rings. The van der Waals surface area contributed by atoms with Gasteiger partial charge in [-0.3, -0.25) is 0 Å². The zero-order chi connectivity index (χ0) is 35.4. The van der Waals surface area contributed by atoms with Crippen molar-refractivity contribution in [1.82, 2.24) is 0 Å². The highest BCUT2D eigenvalue weighted by molar-refractivity contribution is 6.70. The lowest BCUT2D eigenvalue weighted by Gasteiger charge is -2.63. The molecule has 0 aromatic heterocycles. The highest BCUT2D eigenvalue weighted by Gasteiger charge is 2.66. The summed E-state index contributed by atoms with van der Waals surface area (Å²) in [5.74, 6) is 5.02. The molecule has 272 valence electrons. The summed E-state index contributed by atoms with van der Waals surface area (Å²) in [4.78, 5) is 0. The lowest BCUT2D eigenvalue weighted by molar-refractivity contribution is -0.157. The maximum absolute atomic E-state index is 7.42. The van der Waals surface area contributed by atoms with Gasteiger partial charge in [-0.1, -0.05) is 46.1 Å². The highest BCUT2D eigenvalue weighted by atomic mass is 28.4. The zero-order valence-electron chi connectivity index (χ0n) is 33.8. The maximum Gasteiger partial charge on any atom is 0.242 e. The highest BCUT2D eigenvalue weighted by Crippen LogP contribution is 2.69. The summed E-state index contributed by atoms with van der Waals surface area (Å²) in [6, 6.07) is 0. The van der Waals surface area contributed by atoms with Crippen molar-refractivity contribution in [3.63, 3.8) is 0 Å². The molecule has 8 heteroatoms. The fourth-order valence-corrected chi connectivity index (χ4v) is 14.3. The molecule has 0 saturated heterocycles. The molecular formula is C39H76O4Si4. The maximum atomic E-state index is 7.42. The van der Waals surface area contributed by atoms with Gasteiger partial charge in [0.15, 0.2) is 25.0 Å². The third-order valence-electron chi connectivity index (χ3n) is 12.2. The van der Waals surface area contributed by atoms with Crippen LogP contribution in [0.25, 0.3) is 0 Å². The van der Waals surface area contributed by atoms with E-state index in [2.05, 4.69) is 118 Å². The first kappa shape index (κ1) is 39.8. The van der Waals surface area contributed by atoms with Gasteiger partial charge in [-0.2, -0.15) is 0 Å². The predicted molar refractivity (Wildman–Crippen MR) is 212 cm³/mol. The van der Waals surface area contributed by atoms with Gasteiger partial charge in [-0.05, 0) is 176 Å². The summed E-state index contributed by atoms with van der Waals surface area (Å²) >= 11 is 0. The minimum absolute atomic E-state index is 0.149. The van der Waals surface area contributed by atoms with Gasteiger partial charge >= 0.3 is 0 Å². The van der Waals surface area contributed by atoms with E-state index < -0.39 is 33.3 Å². The van der Waals surface area contributed by atoms with Crippen LogP contribution >= 0.6 is 0 Å². The van der Waals surface area contributed by atoms with Crippen LogP contribution in [-0.4, -0.2) is 52.1 Å². The molecule has 0 N–H and O–H groups in total. The summed E-state index contributed by atoms with van der Waals surface area (Å²) in [7, 11) is -6.68. The van der Waals surface area contributed by atoms with Gasteiger partial charge in [0, 0.05) is 6.61 Å². The average molecular weight is 721 g/mol.